The molecule has 1 saturated heterocycles. The molecule has 2 aromatic heterocycles. The van der Waals surface area contributed by atoms with Crippen LogP contribution in [0.15, 0.2) is 18.3 Å². The van der Waals surface area contributed by atoms with Crippen LogP contribution in [0, 0.1) is 0 Å². The SMILES string of the molecule is O=C(O)c1ccc2nc(C3CCCCS3)nn2c1. The van der Waals surface area contributed by atoms with Gasteiger partial charge >= 0.3 is 5.97 Å². The van der Waals surface area contributed by atoms with Crippen LogP contribution in [-0.4, -0.2) is 31.4 Å². The lowest BCUT2D eigenvalue weighted by molar-refractivity contribution is 0.0696. The summed E-state index contributed by atoms with van der Waals surface area (Å²) in [5, 5.41) is 13.7. The number of aromatic carboxylic acids is 1. The van der Waals surface area contributed by atoms with Crippen molar-refractivity contribution in [3.63, 3.8) is 0 Å². The Kier molecular flexibility index (Phi) is 2.95. The van der Waals surface area contributed by atoms with Gasteiger partial charge in [0.15, 0.2) is 11.5 Å². The second-order valence-corrected chi connectivity index (χ2v) is 5.66. The summed E-state index contributed by atoms with van der Waals surface area (Å²) < 4.78 is 1.56. The van der Waals surface area contributed by atoms with E-state index in [2.05, 4.69) is 10.1 Å². The Morgan fingerprint density at radius 2 is 2.33 bits per heavy atom. The van der Waals surface area contributed by atoms with E-state index in [-0.39, 0.29) is 5.56 Å². The molecule has 0 bridgehead atoms. The van der Waals surface area contributed by atoms with Gasteiger partial charge in [-0.25, -0.2) is 14.3 Å². The third-order valence-corrected chi connectivity index (χ3v) is 4.44. The average molecular weight is 263 g/mol. The van der Waals surface area contributed by atoms with Crippen molar-refractivity contribution in [3.8, 4) is 0 Å². The minimum Gasteiger partial charge on any atom is -0.478 e. The van der Waals surface area contributed by atoms with Crippen LogP contribution < -0.4 is 0 Å². The van der Waals surface area contributed by atoms with E-state index in [1.165, 1.54) is 19.0 Å². The van der Waals surface area contributed by atoms with Crippen LogP contribution in [-0.2, 0) is 0 Å². The Labute approximate surface area is 108 Å². The summed E-state index contributed by atoms with van der Waals surface area (Å²) in [6.07, 6.45) is 5.10. The maximum Gasteiger partial charge on any atom is 0.337 e. The molecule has 6 heteroatoms. The molecule has 1 N–H and O–H groups in total. The fourth-order valence-corrected chi connectivity index (χ4v) is 3.35. The molecule has 0 aliphatic carbocycles. The van der Waals surface area contributed by atoms with Crippen LogP contribution in [0.25, 0.3) is 5.65 Å². The summed E-state index contributed by atoms with van der Waals surface area (Å²) in [6.45, 7) is 0. The Morgan fingerprint density at radius 3 is 3.06 bits per heavy atom. The molecule has 1 atom stereocenters. The number of pyridine rings is 1. The van der Waals surface area contributed by atoms with Gasteiger partial charge < -0.3 is 5.11 Å². The van der Waals surface area contributed by atoms with Crippen LogP contribution in [0.1, 0.15) is 40.7 Å². The van der Waals surface area contributed by atoms with E-state index < -0.39 is 5.97 Å². The summed E-state index contributed by atoms with van der Waals surface area (Å²) in [5.41, 5.74) is 0.941. The van der Waals surface area contributed by atoms with Crippen molar-refractivity contribution < 1.29 is 9.90 Å². The lowest BCUT2D eigenvalue weighted by Crippen LogP contribution is -2.04. The van der Waals surface area contributed by atoms with E-state index in [1.54, 1.807) is 16.6 Å². The minimum absolute atomic E-state index is 0.232. The lowest BCUT2D eigenvalue weighted by atomic mass is 10.2. The monoisotopic (exact) mass is 263 g/mol. The molecule has 3 rings (SSSR count). The van der Waals surface area contributed by atoms with Crippen molar-refractivity contribution in [1.82, 2.24) is 14.6 Å². The van der Waals surface area contributed by atoms with E-state index >= 15 is 0 Å². The summed E-state index contributed by atoms with van der Waals surface area (Å²) in [4.78, 5) is 15.4. The predicted molar refractivity (Wildman–Crippen MR) is 69.0 cm³/mol. The molecular weight excluding hydrogens is 250 g/mol. The van der Waals surface area contributed by atoms with Gasteiger partial charge in [0.25, 0.3) is 0 Å². The number of carboxylic acids is 1. The largest absolute Gasteiger partial charge is 0.478 e. The number of nitrogens with zero attached hydrogens (tertiary/aromatic N) is 3. The molecule has 1 unspecified atom stereocenters. The third-order valence-electron chi connectivity index (χ3n) is 3.06. The number of carboxylic acid groups (broad SMARTS) is 1. The zero-order chi connectivity index (χ0) is 12.5. The van der Waals surface area contributed by atoms with Crippen molar-refractivity contribution in [2.24, 2.45) is 0 Å². The van der Waals surface area contributed by atoms with E-state index in [4.69, 9.17) is 5.11 Å². The topological polar surface area (TPSA) is 67.5 Å². The average Bonchev–Trinajstić information content (AvgIpc) is 2.82. The van der Waals surface area contributed by atoms with Gasteiger partial charge in [-0.05, 0) is 30.7 Å². The van der Waals surface area contributed by atoms with E-state index in [0.29, 0.717) is 10.9 Å². The number of hydrogen-bond acceptors (Lipinski definition) is 4. The smallest absolute Gasteiger partial charge is 0.337 e. The first-order valence-electron chi connectivity index (χ1n) is 5.95. The van der Waals surface area contributed by atoms with Crippen molar-refractivity contribution >= 4 is 23.4 Å². The molecule has 18 heavy (non-hydrogen) atoms. The molecule has 1 aliphatic rings. The predicted octanol–water partition coefficient (Wildman–Crippen LogP) is 2.39. The molecule has 1 aliphatic heterocycles. The first-order chi connectivity index (χ1) is 8.74. The number of hydrogen-bond donors (Lipinski definition) is 1. The summed E-state index contributed by atoms with van der Waals surface area (Å²) in [6, 6.07) is 3.26. The van der Waals surface area contributed by atoms with Crippen LogP contribution in [0.5, 0.6) is 0 Å². The molecule has 0 spiro atoms. The molecule has 0 amide bonds. The van der Waals surface area contributed by atoms with Gasteiger partial charge in [-0.1, -0.05) is 6.42 Å². The molecule has 0 radical (unpaired) electrons. The van der Waals surface area contributed by atoms with Gasteiger partial charge in [-0.3, -0.25) is 0 Å². The van der Waals surface area contributed by atoms with Gasteiger partial charge in [0.2, 0.25) is 0 Å². The standard InChI is InChI=1S/C12H13N3O2S/c16-12(17)8-4-5-10-13-11(14-15(10)7-8)9-3-1-2-6-18-9/h4-5,7,9H,1-3,6H2,(H,16,17). The van der Waals surface area contributed by atoms with Gasteiger partial charge in [0, 0.05) is 6.20 Å². The second kappa shape index (κ2) is 4.61. The van der Waals surface area contributed by atoms with Crippen LogP contribution in [0.3, 0.4) is 0 Å². The molecule has 94 valence electrons. The molecule has 0 aromatic carbocycles. The Morgan fingerprint density at radius 1 is 1.44 bits per heavy atom. The summed E-state index contributed by atoms with van der Waals surface area (Å²) >= 11 is 1.89. The third kappa shape index (κ3) is 2.08. The van der Waals surface area contributed by atoms with Crippen molar-refractivity contribution in [2.45, 2.75) is 24.5 Å². The fraction of sp³-hybridized carbons (Fsp3) is 0.417. The van der Waals surface area contributed by atoms with Crippen molar-refractivity contribution in [3.05, 3.63) is 29.7 Å². The van der Waals surface area contributed by atoms with Crippen LogP contribution in [0.2, 0.25) is 0 Å². The van der Waals surface area contributed by atoms with E-state index in [1.807, 2.05) is 11.8 Å². The van der Waals surface area contributed by atoms with E-state index in [9.17, 15) is 4.79 Å². The maximum absolute atomic E-state index is 10.9. The lowest BCUT2D eigenvalue weighted by Gasteiger charge is -2.17. The quantitative estimate of drug-likeness (QED) is 0.901. The minimum atomic E-state index is -0.944. The highest BCUT2D eigenvalue weighted by atomic mass is 32.2. The second-order valence-electron chi connectivity index (χ2n) is 4.35. The van der Waals surface area contributed by atoms with Crippen LogP contribution in [0.4, 0.5) is 0 Å². The Bertz CT molecular complexity index is 590. The van der Waals surface area contributed by atoms with Crippen molar-refractivity contribution in [1.29, 1.82) is 0 Å². The van der Waals surface area contributed by atoms with Gasteiger partial charge in [0.1, 0.15) is 0 Å². The van der Waals surface area contributed by atoms with Crippen LogP contribution >= 0.6 is 11.8 Å². The van der Waals surface area contributed by atoms with Crippen molar-refractivity contribution in [2.75, 3.05) is 5.75 Å². The molecule has 1 fully saturated rings. The number of fused-ring (bicyclic) bond motifs is 1. The Balaban J connectivity index is 1.97. The number of aromatic nitrogens is 3. The van der Waals surface area contributed by atoms with Gasteiger partial charge in [-0.15, -0.1) is 0 Å². The molecular formula is C12H13N3O2S. The highest BCUT2D eigenvalue weighted by Crippen LogP contribution is 2.36. The highest BCUT2D eigenvalue weighted by Gasteiger charge is 2.20. The number of carbonyl (C=O) groups is 1. The molecule has 2 aromatic rings. The van der Waals surface area contributed by atoms with Gasteiger partial charge in [-0.2, -0.15) is 16.9 Å². The number of thioether (sulfide) groups is 1. The van der Waals surface area contributed by atoms with Gasteiger partial charge in [0.05, 0.1) is 10.8 Å². The fourth-order valence-electron chi connectivity index (χ4n) is 2.11. The maximum atomic E-state index is 10.9. The zero-order valence-electron chi connectivity index (χ0n) is 9.74. The first-order valence-corrected chi connectivity index (χ1v) is 7.00. The molecule has 0 saturated carbocycles. The zero-order valence-corrected chi connectivity index (χ0v) is 10.6. The summed E-state index contributed by atoms with van der Waals surface area (Å²) in [7, 11) is 0. The molecule has 3 heterocycles. The molecule has 5 nitrogen and oxygen atoms in total. The first kappa shape index (κ1) is 11.5. The highest BCUT2D eigenvalue weighted by molar-refractivity contribution is 7.99. The summed E-state index contributed by atoms with van der Waals surface area (Å²) in [5.74, 6) is 1.03. The number of rotatable bonds is 2. The Hall–Kier alpha value is -1.56. The normalized spacial score (nSPS) is 20.1. The van der Waals surface area contributed by atoms with E-state index in [0.717, 1.165) is 18.0 Å².